The summed E-state index contributed by atoms with van der Waals surface area (Å²) in [7, 11) is 1.25. The smallest absolute Gasteiger partial charge is 0.349 e. The van der Waals surface area contributed by atoms with Gasteiger partial charge in [0.1, 0.15) is 11.1 Å². The second kappa shape index (κ2) is 6.60. The average Bonchev–Trinajstić information content (AvgIpc) is 2.61. The van der Waals surface area contributed by atoms with Gasteiger partial charge in [0.05, 0.1) is 18.4 Å². The average molecular weight is 337 g/mol. The van der Waals surface area contributed by atoms with Gasteiger partial charge >= 0.3 is 11.6 Å². The summed E-state index contributed by atoms with van der Waals surface area (Å²) in [4.78, 5) is 36.4. The molecule has 0 aliphatic heterocycles. The lowest BCUT2D eigenvalue weighted by Crippen LogP contribution is -2.22. The highest BCUT2D eigenvalue weighted by Gasteiger charge is 2.17. The molecule has 1 heterocycles. The third-order valence-corrected chi connectivity index (χ3v) is 3.71. The minimum Gasteiger partial charge on any atom is -0.465 e. The minimum absolute atomic E-state index is 0.141. The number of benzene rings is 2. The molecule has 1 amide bonds. The van der Waals surface area contributed by atoms with Crippen molar-refractivity contribution in [1.82, 2.24) is 0 Å². The fourth-order valence-electron chi connectivity index (χ4n) is 2.47. The van der Waals surface area contributed by atoms with Crippen LogP contribution in [0, 0.1) is 6.92 Å². The van der Waals surface area contributed by atoms with Crippen molar-refractivity contribution >= 4 is 28.5 Å². The Balaban J connectivity index is 2.00. The zero-order chi connectivity index (χ0) is 18.0. The van der Waals surface area contributed by atoms with Crippen molar-refractivity contribution in [2.45, 2.75) is 6.92 Å². The van der Waals surface area contributed by atoms with Gasteiger partial charge in [0, 0.05) is 5.39 Å². The van der Waals surface area contributed by atoms with Crippen molar-refractivity contribution in [1.29, 1.82) is 0 Å². The van der Waals surface area contributed by atoms with Crippen molar-refractivity contribution in [3.05, 3.63) is 75.6 Å². The SMILES string of the molecule is COC(=O)c1ccccc1NC(=O)c1cc2cc(C)ccc2oc1=O. The maximum absolute atomic E-state index is 12.5. The molecule has 2 aromatic carbocycles. The summed E-state index contributed by atoms with van der Waals surface area (Å²) < 4.78 is 9.89. The van der Waals surface area contributed by atoms with Crippen LogP contribution < -0.4 is 10.9 Å². The van der Waals surface area contributed by atoms with Crippen LogP contribution in [0.1, 0.15) is 26.3 Å². The predicted octanol–water partition coefficient (Wildman–Crippen LogP) is 3.14. The van der Waals surface area contributed by atoms with E-state index in [4.69, 9.17) is 4.42 Å². The molecule has 6 nitrogen and oxygen atoms in total. The lowest BCUT2D eigenvalue weighted by Gasteiger charge is -2.09. The van der Waals surface area contributed by atoms with Crippen LogP contribution in [0.2, 0.25) is 0 Å². The molecule has 0 spiro atoms. The zero-order valence-corrected chi connectivity index (χ0v) is 13.7. The molecule has 0 bridgehead atoms. The number of nitrogens with one attached hydrogen (secondary N) is 1. The quantitative estimate of drug-likeness (QED) is 0.586. The van der Waals surface area contributed by atoms with Crippen LogP contribution in [-0.4, -0.2) is 19.0 Å². The molecule has 0 unspecified atom stereocenters. The van der Waals surface area contributed by atoms with E-state index in [1.807, 2.05) is 19.1 Å². The Morgan fingerprint density at radius 2 is 1.80 bits per heavy atom. The van der Waals surface area contributed by atoms with Gasteiger partial charge < -0.3 is 14.5 Å². The van der Waals surface area contributed by atoms with Crippen LogP contribution in [0.15, 0.2) is 57.7 Å². The van der Waals surface area contributed by atoms with Crippen molar-refractivity contribution in [2.75, 3.05) is 12.4 Å². The molecule has 0 radical (unpaired) electrons. The van der Waals surface area contributed by atoms with E-state index in [1.165, 1.54) is 19.2 Å². The van der Waals surface area contributed by atoms with Crippen molar-refractivity contribution in [3.63, 3.8) is 0 Å². The van der Waals surface area contributed by atoms with Crippen LogP contribution in [0.5, 0.6) is 0 Å². The predicted molar refractivity (Wildman–Crippen MR) is 93.0 cm³/mol. The number of methoxy groups -OCH3 is 1. The molecule has 0 fully saturated rings. The number of carbonyl (C=O) groups is 2. The number of hydrogen-bond acceptors (Lipinski definition) is 5. The maximum Gasteiger partial charge on any atom is 0.349 e. The number of para-hydroxylation sites is 1. The number of amides is 1. The standard InChI is InChI=1S/C19H15NO5/c1-11-7-8-16-12(9-11)10-14(19(23)25-16)17(21)20-15-6-4-3-5-13(15)18(22)24-2/h3-10H,1-2H3,(H,20,21). The van der Waals surface area contributed by atoms with E-state index in [0.29, 0.717) is 11.0 Å². The Labute approximate surface area is 143 Å². The third-order valence-electron chi connectivity index (χ3n) is 3.71. The van der Waals surface area contributed by atoms with Gasteiger partial charge in [0.2, 0.25) is 0 Å². The number of hydrogen-bond donors (Lipinski definition) is 1. The van der Waals surface area contributed by atoms with Gasteiger partial charge in [-0.05, 0) is 37.3 Å². The first-order chi connectivity index (χ1) is 12.0. The van der Waals surface area contributed by atoms with E-state index >= 15 is 0 Å². The summed E-state index contributed by atoms with van der Waals surface area (Å²) in [6.45, 7) is 1.90. The van der Waals surface area contributed by atoms with Gasteiger partial charge in [-0.1, -0.05) is 23.8 Å². The van der Waals surface area contributed by atoms with Gasteiger partial charge in [0.15, 0.2) is 0 Å². The van der Waals surface area contributed by atoms with Crippen LogP contribution in [0.25, 0.3) is 11.0 Å². The first-order valence-electron chi connectivity index (χ1n) is 7.53. The fraction of sp³-hybridized carbons (Fsp3) is 0.105. The molecule has 0 atom stereocenters. The molecule has 0 aliphatic rings. The lowest BCUT2D eigenvalue weighted by molar-refractivity contribution is 0.0602. The Kier molecular flexibility index (Phi) is 4.35. The molecule has 1 aromatic heterocycles. The Morgan fingerprint density at radius 3 is 2.56 bits per heavy atom. The van der Waals surface area contributed by atoms with E-state index in [9.17, 15) is 14.4 Å². The summed E-state index contributed by atoms with van der Waals surface area (Å²) in [5.41, 5.74) is 0.940. The van der Waals surface area contributed by atoms with E-state index in [2.05, 4.69) is 10.1 Å². The molecule has 0 saturated carbocycles. The van der Waals surface area contributed by atoms with Gasteiger partial charge in [-0.3, -0.25) is 4.79 Å². The number of ether oxygens (including phenoxy) is 1. The number of fused-ring (bicyclic) bond motifs is 1. The van der Waals surface area contributed by atoms with Crippen molar-refractivity contribution in [2.24, 2.45) is 0 Å². The van der Waals surface area contributed by atoms with Gasteiger partial charge in [0.25, 0.3) is 5.91 Å². The van der Waals surface area contributed by atoms with Crippen LogP contribution >= 0.6 is 0 Å². The van der Waals surface area contributed by atoms with Crippen LogP contribution in [0.3, 0.4) is 0 Å². The highest BCUT2D eigenvalue weighted by molar-refractivity contribution is 6.08. The second-order valence-corrected chi connectivity index (χ2v) is 5.48. The van der Waals surface area contributed by atoms with E-state index in [0.717, 1.165) is 5.56 Å². The largest absolute Gasteiger partial charge is 0.465 e. The number of carbonyl (C=O) groups excluding carboxylic acids is 2. The van der Waals surface area contributed by atoms with Gasteiger partial charge in [-0.2, -0.15) is 0 Å². The molecule has 3 aromatic rings. The topological polar surface area (TPSA) is 85.6 Å². The summed E-state index contributed by atoms with van der Waals surface area (Å²) in [5.74, 6) is -1.24. The highest BCUT2D eigenvalue weighted by atomic mass is 16.5. The third kappa shape index (κ3) is 3.28. The second-order valence-electron chi connectivity index (χ2n) is 5.48. The number of esters is 1. The molecule has 6 heteroatoms. The Bertz CT molecular complexity index is 1040. The normalized spacial score (nSPS) is 10.5. The summed E-state index contributed by atoms with van der Waals surface area (Å²) in [6, 6.07) is 13.2. The summed E-state index contributed by atoms with van der Waals surface area (Å²) in [6.07, 6.45) is 0. The molecule has 1 N–H and O–H groups in total. The van der Waals surface area contributed by atoms with Crippen molar-refractivity contribution in [3.8, 4) is 0 Å². The monoisotopic (exact) mass is 337 g/mol. The van der Waals surface area contributed by atoms with E-state index in [1.54, 1.807) is 24.3 Å². The molecule has 25 heavy (non-hydrogen) atoms. The molecular weight excluding hydrogens is 322 g/mol. The minimum atomic E-state index is -0.746. The van der Waals surface area contributed by atoms with E-state index in [-0.39, 0.29) is 16.8 Å². The molecule has 0 saturated heterocycles. The first kappa shape index (κ1) is 16.4. The fourth-order valence-corrected chi connectivity index (χ4v) is 2.47. The molecule has 3 rings (SSSR count). The molecule has 0 aliphatic carbocycles. The van der Waals surface area contributed by atoms with Gasteiger partial charge in [-0.15, -0.1) is 0 Å². The summed E-state index contributed by atoms with van der Waals surface area (Å²) in [5, 5.41) is 3.21. The first-order valence-corrected chi connectivity index (χ1v) is 7.53. The van der Waals surface area contributed by atoms with Crippen LogP contribution in [-0.2, 0) is 4.74 Å². The highest BCUT2D eigenvalue weighted by Crippen LogP contribution is 2.19. The van der Waals surface area contributed by atoms with E-state index < -0.39 is 17.5 Å². The number of aryl methyl sites for hydroxylation is 1. The lowest BCUT2D eigenvalue weighted by atomic mass is 10.1. The Hall–Kier alpha value is -3.41. The molecule has 126 valence electrons. The number of rotatable bonds is 3. The van der Waals surface area contributed by atoms with Crippen LogP contribution in [0.4, 0.5) is 5.69 Å². The summed E-state index contributed by atoms with van der Waals surface area (Å²) >= 11 is 0. The zero-order valence-electron chi connectivity index (χ0n) is 13.7. The van der Waals surface area contributed by atoms with Crippen molar-refractivity contribution < 1.29 is 18.7 Å². The maximum atomic E-state index is 12.5. The Morgan fingerprint density at radius 1 is 1.04 bits per heavy atom. The van der Waals surface area contributed by atoms with Gasteiger partial charge in [-0.25, -0.2) is 9.59 Å². The number of anilines is 1. The molecular formula is C19H15NO5.